The number of nitrogens with two attached hydrogens (primary N) is 1. The number of fused-ring (bicyclic) bond motifs is 1. The molecule has 0 amide bonds. The summed E-state index contributed by atoms with van der Waals surface area (Å²) < 4.78 is 0. The van der Waals surface area contributed by atoms with Crippen molar-refractivity contribution in [1.29, 1.82) is 0 Å². The number of aliphatic hydroxyl groups excluding tert-OH is 1. The van der Waals surface area contributed by atoms with Crippen LogP contribution < -0.4 is 5.73 Å². The number of thiophene rings is 1. The van der Waals surface area contributed by atoms with Gasteiger partial charge in [-0.3, -0.25) is 0 Å². The van der Waals surface area contributed by atoms with Crippen LogP contribution in [0.4, 0.5) is 0 Å². The highest BCUT2D eigenvalue weighted by molar-refractivity contribution is 7.12. The summed E-state index contributed by atoms with van der Waals surface area (Å²) in [7, 11) is 0. The van der Waals surface area contributed by atoms with Gasteiger partial charge in [0.15, 0.2) is 0 Å². The van der Waals surface area contributed by atoms with Gasteiger partial charge in [0, 0.05) is 9.75 Å². The average Bonchev–Trinajstić information content (AvgIpc) is 2.62. The highest BCUT2D eigenvalue weighted by Gasteiger charge is 2.33. The van der Waals surface area contributed by atoms with E-state index >= 15 is 0 Å². The molecule has 3 heteroatoms. The van der Waals surface area contributed by atoms with Crippen molar-refractivity contribution in [3.05, 3.63) is 21.4 Å². The maximum Gasteiger partial charge on any atom is 0.0655 e. The fourth-order valence-corrected chi connectivity index (χ4v) is 3.38. The zero-order valence-corrected chi connectivity index (χ0v) is 9.36. The topological polar surface area (TPSA) is 46.2 Å². The van der Waals surface area contributed by atoms with E-state index in [9.17, 15) is 5.11 Å². The Labute approximate surface area is 88.8 Å². The van der Waals surface area contributed by atoms with Gasteiger partial charge in [-0.15, -0.1) is 11.3 Å². The van der Waals surface area contributed by atoms with Gasteiger partial charge in [-0.05, 0) is 37.3 Å². The lowest BCUT2D eigenvalue weighted by molar-refractivity contribution is 0.179. The predicted octanol–water partition coefficient (Wildman–Crippen LogP) is 1.79. The van der Waals surface area contributed by atoms with Crippen LogP contribution in [0.5, 0.6) is 0 Å². The van der Waals surface area contributed by atoms with E-state index < -0.39 is 5.54 Å². The first-order valence-corrected chi connectivity index (χ1v) is 6.03. The number of hydrogen-bond donors (Lipinski definition) is 2. The third-order valence-electron chi connectivity index (χ3n) is 3.05. The zero-order valence-electron chi connectivity index (χ0n) is 8.55. The van der Waals surface area contributed by atoms with E-state index in [1.165, 1.54) is 15.3 Å². The third-order valence-corrected chi connectivity index (χ3v) is 4.39. The summed E-state index contributed by atoms with van der Waals surface area (Å²) in [5.41, 5.74) is 6.94. The van der Waals surface area contributed by atoms with Gasteiger partial charge < -0.3 is 10.8 Å². The molecule has 2 nitrogen and oxygen atoms in total. The monoisotopic (exact) mass is 211 g/mol. The van der Waals surface area contributed by atoms with Crippen LogP contribution in [0.3, 0.4) is 0 Å². The van der Waals surface area contributed by atoms with Gasteiger partial charge in [-0.1, -0.05) is 6.92 Å². The molecular formula is C11H17NOS. The van der Waals surface area contributed by atoms with Gasteiger partial charge in [0.1, 0.15) is 0 Å². The Balaban J connectivity index is 2.43. The molecule has 0 bridgehead atoms. The molecular weight excluding hydrogens is 194 g/mol. The summed E-state index contributed by atoms with van der Waals surface area (Å²) >= 11 is 1.86. The summed E-state index contributed by atoms with van der Waals surface area (Å²) in [6, 6.07) is 2.19. The van der Waals surface area contributed by atoms with Crippen LogP contribution in [-0.2, 0) is 18.4 Å². The maximum atomic E-state index is 9.36. The number of aliphatic hydroxyl groups is 1. The first-order valence-electron chi connectivity index (χ1n) is 5.21. The van der Waals surface area contributed by atoms with Crippen LogP contribution in [-0.4, -0.2) is 11.7 Å². The minimum atomic E-state index is -0.461. The lowest BCUT2D eigenvalue weighted by Crippen LogP contribution is -2.42. The van der Waals surface area contributed by atoms with Gasteiger partial charge >= 0.3 is 0 Å². The summed E-state index contributed by atoms with van der Waals surface area (Å²) in [5, 5.41) is 9.36. The van der Waals surface area contributed by atoms with Crippen molar-refractivity contribution in [2.75, 3.05) is 6.61 Å². The van der Waals surface area contributed by atoms with E-state index in [-0.39, 0.29) is 6.61 Å². The Kier molecular flexibility index (Phi) is 2.64. The second kappa shape index (κ2) is 3.65. The van der Waals surface area contributed by atoms with E-state index in [1.54, 1.807) is 0 Å². The number of rotatable bonds is 2. The minimum absolute atomic E-state index is 0.0693. The molecule has 3 N–H and O–H groups in total. The molecule has 0 fully saturated rings. The highest BCUT2D eigenvalue weighted by atomic mass is 32.1. The quantitative estimate of drug-likeness (QED) is 0.783. The van der Waals surface area contributed by atoms with E-state index in [4.69, 9.17) is 5.73 Å². The molecule has 1 atom stereocenters. The minimum Gasteiger partial charge on any atom is -0.394 e. The summed E-state index contributed by atoms with van der Waals surface area (Å²) in [4.78, 5) is 2.78. The molecule has 1 aliphatic rings. The van der Waals surface area contributed by atoms with Gasteiger partial charge in [-0.2, -0.15) is 0 Å². The predicted molar refractivity (Wildman–Crippen MR) is 59.6 cm³/mol. The number of hydrogen-bond acceptors (Lipinski definition) is 3. The Morgan fingerprint density at radius 3 is 3.07 bits per heavy atom. The maximum absolute atomic E-state index is 9.36. The lowest BCUT2D eigenvalue weighted by atomic mass is 9.81. The zero-order chi connectivity index (χ0) is 10.2. The van der Waals surface area contributed by atoms with Crippen molar-refractivity contribution in [3.8, 4) is 0 Å². The van der Waals surface area contributed by atoms with Crippen molar-refractivity contribution in [2.45, 2.75) is 38.1 Å². The Morgan fingerprint density at radius 1 is 1.64 bits per heavy atom. The van der Waals surface area contributed by atoms with Crippen molar-refractivity contribution in [2.24, 2.45) is 5.73 Å². The molecule has 0 aliphatic heterocycles. The van der Waals surface area contributed by atoms with E-state index in [0.29, 0.717) is 0 Å². The van der Waals surface area contributed by atoms with Crippen LogP contribution >= 0.6 is 11.3 Å². The average molecular weight is 211 g/mol. The molecule has 14 heavy (non-hydrogen) atoms. The van der Waals surface area contributed by atoms with Gasteiger partial charge in [-0.25, -0.2) is 0 Å². The van der Waals surface area contributed by atoms with Gasteiger partial charge in [0.25, 0.3) is 0 Å². The molecule has 0 radical (unpaired) electrons. The first kappa shape index (κ1) is 10.1. The molecule has 78 valence electrons. The first-order chi connectivity index (χ1) is 6.69. The summed E-state index contributed by atoms with van der Waals surface area (Å²) in [6.07, 6.45) is 4.22. The SMILES string of the molecule is CCc1cc2c(s1)CCCC2(N)CO. The molecule has 0 spiro atoms. The van der Waals surface area contributed by atoms with Crippen LogP contribution in [0, 0.1) is 0 Å². The molecule has 1 unspecified atom stereocenters. The van der Waals surface area contributed by atoms with E-state index in [0.717, 1.165) is 25.7 Å². The molecule has 1 aromatic heterocycles. The Morgan fingerprint density at radius 2 is 2.43 bits per heavy atom. The van der Waals surface area contributed by atoms with Crippen molar-refractivity contribution in [1.82, 2.24) is 0 Å². The molecule has 0 saturated carbocycles. The molecule has 1 heterocycles. The highest BCUT2D eigenvalue weighted by Crippen LogP contribution is 2.38. The molecule has 1 aromatic rings. The molecule has 0 aromatic carbocycles. The third kappa shape index (κ3) is 1.49. The smallest absolute Gasteiger partial charge is 0.0655 e. The molecule has 1 aliphatic carbocycles. The van der Waals surface area contributed by atoms with E-state index in [2.05, 4.69) is 13.0 Å². The second-order valence-electron chi connectivity index (χ2n) is 4.07. The molecule has 2 rings (SSSR count). The largest absolute Gasteiger partial charge is 0.394 e. The van der Waals surface area contributed by atoms with Crippen LogP contribution in [0.15, 0.2) is 6.07 Å². The fraction of sp³-hybridized carbons (Fsp3) is 0.636. The molecule has 0 saturated heterocycles. The van der Waals surface area contributed by atoms with Crippen LogP contribution in [0.2, 0.25) is 0 Å². The number of aryl methyl sites for hydroxylation is 2. The standard InChI is InChI=1S/C11H17NOS/c1-2-8-6-9-10(14-8)4-3-5-11(9,12)7-13/h6,13H,2-5,7,12H2,1H3. The van der Waals surface area contributed by atoms with Gasteiger partial charge in [0.05, 0.1) is 12.1 Å². The van der Waals surface area contributed by atoms with Crippen molar-refractivity contribution < 1.29 is 5.11 Å². The van der Waals surface area contributed by atoms with E-state index in [1.807, 2.05) is 11.3 Å². The fourth-order valence-electron chi connectivity index (χ4n) is 2.13. The van der Waals surface area contributed by atoms with Crippen LogP contribution in [0.1, 0.15) is 35.1 Å². The second-order valence-corrected chi connectivity index (χ2v) is 5.29. The Hall–Kier alpha value is -0.380. The Bertz CT molecular complexity index is 334. The van der Waals surface area contributed by atoms with Gasteiger partial charge in [0.2, 0.25) is 0 Å². The van der Waals surface area contributed by atoms with Crippen molar-refractivity contribution >= 4 is 11.3 Å². The lowest BCUT2D eigenvalue weighted by Gasteiger charge is -2.31. The van der Waals surface area contributed by atoms with Crippen molar-refractivity contribution in [3.63, 3.8) is 0 Å². The normalized spacial score (nSPS) is 26.2. The van der Waals surface area contributed by atoms with Crippen LogP contribution in [0.25, 0.3) is 0 Å². The summed E-state index contributed by atoms with van der Waals surface area (Å²) in [5.74, 6) is 0. The summed E-state index contributed by atoms with van der Waals surface area (Å²) in [6.45, 7) is 2.23.